The molecule has 0 aromatic carbocycles. The van der Waals surface area contributed by atoms with Crippen molar-refractivity contribution in [1.29, 1.82) is 0 Å². The summed E-state index contributed by atoms with van der Waals surface area (Å²) in [5.41, 5.74) is 0. The number of hydrogen-bond donors (Lipinski definition) is 0. The van der Waals surface area contributed by atoms with Gasteiger partial charge in [-0.1, -0.05) is 107 Å². The van der Waals surface area contributed by atoms with E-state index >= 15 is 0 Å². The minimum Gasteiger partial charge on any atom is -0.544 e. The first-order valence-corrected chi connectivity index (χ1v) is 18.8. The highest BCUT2D eigenvalue weighted by Crippen LogP contribution is 2.10. The average Bonchev–Trinajstić information content (AvgIpc) is 3.05. The number of ether oxygens (including phenoxy) is 3. The molecule has 2 atom stereocenters. The summed E-state index contributed by atoms with van der Waals surface area (Å²) >= 11 is 0. The zero-order valence-corrected chi connectivity index (χ0v) is 31.6. The minimum absolute atomic E-state index is 0.00327. The van der Waals surface area contributed by atoms with Crippen LogP contribution >= 0.6 is 0 Å². The van der Waals surface area contributed by atoms with E-state index in [9.17, 15) is 19.5 Å². The van der Waals surface area contributed by atoms with Crippen LogP contribution in [0.3, 0.4) is 0 Å². The first-order chi connectivity index (χ1) is 23.6. The summed E-state index contributed by atoms with van der Waals surface area (Å²) < 4.78 is 16.9. The van der Waals surface area contributed by atoms with E-state index < -0.39 is 24.1 Å². The minimum atomic E-state index is -1.14. The van der Waals surface area contributed by atoms with Gasteiger partial charge in [-0.25, -0.2) is 0 Å². The third-order valence-electron chi connectivity index (χ3n) is 7.90. The second-order valence-electron chi connectivity index (χ2n) is 13.4. The van der Waals surface area contributed by atoms with Gasteiger partial charge in [-0.3, -0.25) is 9.59 Å². The number of rotatable bonds is 32. The van der Waals surface area contributed by atoms with Gasteiger partial charge in [0.05, 0.1) is 40.3 Å². The van der Waals surface area contributed by atoms with Gasteiger partial charge in [-0.05, 0) is 64.2 Å². The third-order valence-corrected chi connectivity index (χ3v) is 7.90. The summed E-state index contributed by atoms with van der Waals surface area (Å²) in [6.07, 6.45) is 37.0. The highest BCUT2D eigenvalue weighted by molar-refractivity contribution is 5.70. The second-order valence-corrected chi connectivity index (χ2v) is 13.4. The molecular weight excluding hydrogens is 618 g/mol. The van der Waals surface area contributed by atoms with Gasteiger partial charge >= 0.3 is 11.9 Å². The van der Waals surface area contributed by atoms with Gasteiger partial charge in [0.2, 0.25) is 0 Å². The summed E-state index contributed by atoms with van der Waals surface area (Å²) in [4.78, 5) is 36.6. The van der Waals surface area contributed by atoms with E-state index in [4.69, 9.17) is 14.2 Å². The zero-order chi connectivity index (χ0) is 36.4. The average molecular weight is 688 g/mol. The van der Waals surface area contributed by atoms with E-state index in [1.807, 2.05) is 6.08 Å². The number of carboxylic acids is 1. The lowest BCUT2D eigenvalue weighted by molar-refractivity contribution is -0.889. The second kappa shape index (κ2) is 32.2. The number of hydrogen-bond acceptors (Lipinski definition) is 7. The summed E-state index contributed by atoms with van der Waals surface area (Å²) in [5.74, 6) is -1.88. The topological polar surface area (TPSA) is 102 Å². The SMILES string of the molecule is CC/C=C/C/C=C/C/C=C/CCCCC(=O)OCC(COCCC(C(=O)[O-])[N+](C)(C)C)OC(=O)CC/C=C/C/C=C/CCCCCCCC. The van der Waals surface area contributed by atoms with Crippen LogP contribution in [0.5, 0.6) is 0 Å². The fraction of sp³-hybridized carbons (Fsp3) is 0.683. The van der Waals surface area contributed by atoms with Gasteiger partial charge < -0.3 is 28.6 Å². The van der Waals surface area contributed by atoms with Crippen LogP contribution in [0.4, 0.5) is 0 Å². The van der Waals surface area contributed by atoms with E-state index in [0.717, 1.165) is 44.9 Å². The predicted octanol–water partition coefficient (Wildman–Crippen LogP) is 8.13. The maximum absolute atomic E-state index is 12.6. The third kappa shape index (κ3) is 30.8. The molecule has 0 aliphatic carbocycles. The van der Waals surface area contributed by atoms with Crippen molar-refractivity contribution in [3.8, 4) is 0 Å². The number of unbranched alkanes of at least 4 members (excludes halogenated alkanes) is 8. The largest absolute Gasteiger partial charge is 0.544 e. The van der Waals surface area contributed by atoms with Crippen LogP contribution in [0, 0.1) is 0 Å². The predicted molar refractivity (Wildman–Crippen MR) is 199 cm³/mol. The molecule has 8 nitrogen and oxygen atoms in total. The Kier molecular flexibility index (Phi) is 30.3. The van der Waals surface area contributed by atoms with Crippen molar-refractivity contribution in [3.63, 3.8) is 0 Å². The van der Waals surface area contributed by atoms with Crippen molar-refractivity contribution >= 4 is 17.9 Å². The zero-order valence-electron chi connectivity index (χ0n) is 31.6. The molecule has 0 saturated carbocycles. The summed E-state index contributed by atoms with van der Waals surface area (Å²) in [6.45, 7) is 4.40. The van der Waals surface area contributed by atoms with Crippen molar-refractivity contribution in [2.75, 3.05) is 41.0 Å². The number of likely N-dealkylation sites (N-methyl/N-ethyl adjacent to an activating group) is 1. The van der Waals surface area contributed by atoms with E-state index in [1.54, 1.807) is 21.1 Å². The van der Waals surface area contributed by atoms with Crippen molar-refractivity contribution in [2.24, 2.45) is 0 Å². The fourth-order valence-electron chi connectivity index (χ4n) is 4.96. The molecule has 8 heteroatoms. The van der Waals surface area contributed by atoms with Crippen molar-refractivity contribution < 1.29 is 38.2 Å². The van der Waals surface area contributed by atoms with E-state index in [0.29, 0.717) is 12.8 Å². The maximum atomic E-state index is 12.6. The number of carbonyl (C=O) groups is 3. The Labute approximate surface area is 298 Å². The van der Waals surface area contributed by atoms with Gasteiger partial charge in [-0.2, -0.15) is 0 Å². The van der Waals surface area contributed by atoms with Crippen LogP contribution in [0.2, 0.25) is 0 Å². The summed E-state index contributed by atoms with van der Waals surface area (Å²) in [7, 11) is 5.36. The molecule has 0 N–H and O–H groups in total. The molecule has 0 aliphatic rings. The summed E-state index contributed by atoms with van der Waals surface area (Å²) in [5, 5.41) is 11.6. The molecule has 0 saturated heterocycles. The Bertz CT molecular complexity index is 990. The van der Waals surface area contributed by atoms with E-state index in [2.05, 4.69) is 68.5 Å². The standard InChI is InChI=1S/C41H69NO7/c1-6-8-10-12-14-16-18-20-22-24-26-28-30-32-40(44)49-37(35-47-34-33-38(41(45)46)42(3,4)5)36-48-39(43)31-29-27-25-23-21-19-17-15-13-11-9-7-2/h9,11,15,17,20-23,26,28,37-38H,6-8,10,12-14,16,18-19,24-25,27,29-36H2,1-5H3/b11-9+,17-15+,22-20+,23-21+,28-26+. The number of allylic oxidation sites excluding steroid dienone is 10. The van der Waals surface area contributed by atoms with Gasteiger partial charge in [0.1, 0.15) is 12.6 Å². The van der Waals surface area contributed by atoms with Crippen LogP contribution in [0.1, 0.15) is 129 Å². The number of carboxylic acid groups (broad SMARTS) is 1. The van der Waals surface area contributed by atoms with Crippen LogP contribution in [0.15, 0.2) is 60.8 Å². The molecule has 0 aromatic heterocycles. The highest BCUT2D eigenvalue weighted by Gasteiger charge is 2.25. The lowest BCUT2D eigenvalue weighted by Gasteiger charge is -2.34. The smallest absolute Gasteiger partial charge is 0.306 e. The Balaban J connectivity index is 4.59. The highest BCUT2D eigenvalue weighted by atomic mass is 16.6. The Morgan fingerprint density at radius 2 is 1.18 bits per heavy atom. The van der Waals surface area contributed by atoms with E-state index in [-0.39, 0.29) is 49.5 Å². The number of carbonyl (C=O) groups excluding carboxylic acids is 3. The molecule has 0 spiro atoms. The number of nitrogens with zero attached hydrogens (tertiary/aromatic N) is 1. The van der Waals surface area contributed by atoms with Gasteiger partial charge in [-0.15, -0.1) is 0 Å². The quantitative estimate of drug-likeness (QED) is 0.0305. The normalized spacial score (nSPS) is 13.7. The number of aliphatic carboxylic acids is 1. The number of quaternary nitrogens is 1. The first kappa shape index (κ1) is 46.0. The molecule has 49 heavy (non-hydrogen) atoms. The fourth-order valence-corrected chi connectivity index (χ4v) is 4.96. The van der Waals surface area contributed by atoms with Crippen LogP contribution < -0.4 is 5.11 Å². The lowest BCUT2D eigenvalue weighted by Crippen LogP contribution is -2.55. The molecule has 2 unspecified atom stereocenters. The molecule has 0 bridgehead atoms. The molecule has 0 fully saturated rings. The Hall–Kier alpha value is -2.97. The molecule has 0 rings (SSSR count). The molecule has 0 heterocycles. The van der Waals surface area contributed by atoms with Crippen LogP contribution in [-0.4, -0.2) is 75.5 Å². The van der Waals surface area contributed by atoms with Gasteiger partial charge in [0.25, 0.3) is 0 Å². The van der Waals surface area contributed by atoms with Gasteiger partial charge in [0.15, 0.2) is 6.10 Å². The Morgan fingerprint density at radius 3 is 1.78 bits per heavy atom. The monoisotopic (exact) mass is 688 g/mol. The maximum Gasteiger partial charge on any atom is 0.306 e. The van der Waals surface area contributed by atoms with Crippen molar-refractivity contribution in [3.05, 3.63) is 60.8 Å². The molecule has 0 amide bonds. The van der Waals surface area contributed by atoms with Gasteiger partial charge in [0, 0.05) is 19.3 Å². The molecule has 0 radical (unpaired) electrons. The lowest BCUT2D eigenvalue weighted by atomic mass is 10.1. The van der Waals surface area contributed by atoms with Crippen LogP contribution in [0.25, 0.3) is 0 Å². The molecular formula is C41H69NO7. The summed E-state index contributed by atoms with van der Waals surface area (Å²) in [6, 6.07) is -0.740. The molecule has 0 aromatic rings. The van der Waals surface area contributed by atoms with Crippen LogP contribution in [-0.2, 0) is 28.6 Å². The molecule has 0 aliphatic heterocycles. The van der Waals surface area contributed by atoms with E-state index in [1.165, 1.54) is 38.5 Å². The number of esters is 2. The van der Waals surface area contributed by atoms with Crippen molar-refractivity contribution in [2.45, 2.75) is 142 Å². The first-order valence-electron chi connectivity index (χ1n) is 18.8. The van der Waals surface area contributed by atoms with Crippen molar-refractivity contribution in [1.82, 2.24) is 0 Å². The Morgan fingerprint density at radius 1 is 0.633 bits per heavy atom. The molecule has 280 valence electrons.